The largest absolute Gasteiger partial charge is 0.301 e. The Morgan fingerprint density at radius 2 is 1.57 bits per heavy atom. The van der Waals surface area contributed by atoms with Crippen LogP contribution in [0.5, 0.6) is 0 Å². The van der Waals surface area contributed by atoms with Gasteiger partial charge in [0, 0.05) is 0 Å². The quantitative estimate of drug-likeness (QED) is 0.907. The molecule has 0 aromatic heterocycles. The number of benzene rings is 2. The molecule has 1 unspecified atom stereocenters. The Kier molecular flexibility index (Phi) is 3.72. The Hall–Kier alpha value is -2.18. The summed E-state index contributed by atoms with van der Waals surface area (Å²) in [6.07, 6.45) is 0. The Morgan fingerprint density at radius 3 is 2.24 bits per heavy atom. The minimum absolute atomic E-state index is 0.421. The molecule has 0 bridgehead atoms. The lowest BCUT2D eigenvalue weighted by molar-refractivity contribution is 0.583. The van der Waals surface area contributed by atoms with Gasteiger partial charge in [0.15, 0.2) is 0 Å². The SMILES string of the molecule is O=S1(=O)NC(=NCc2ccccc2)C(c2ccccc2)N1. The Bertz CT molecular complexity index is 743. The summed E-state index contributed by atoms with van der Waals surface area (Å²) in [5.74, 6) is 0.421. The molecule has 1 aliphatic heterocycles. The fourth-order valence-corrected chi connectivity index (χ4v) is 3.27. The summed E-state index contributed by atoms with van der Waals surface area (Å²) < 4.78 is 28.5. The molecule has 1 atom stereocenters. The van der Waals surface area contributed by atoms with Crippen molar-refractivity contribution in [2.75, 3.05) is 0 Å². The van der Waals surface area contributed by atoms with Crippen LogP contribution in [0.15, 0.2) is 65.7 Å². The Balaban J connectivity index is 1.88. The molecule has 0 amide bonds. The molecule has 108 valence electrons. The van der Waals surface area contributed by atoms with E-state index in [9.17, 15) is 8.42 Å². The molecule has 1 saturated heterocycles. The summed E-state index contributed by atoms with van der Waals surface area (Å²) in [5, 5.41) is 0. The topological polar surface area (TPSA) is 70.6 Å². The molecule has 0 aliphatic carbocycles. The van der Waals surface area contributed by atoms with Gasteiger partial charge in [-0.05, 0) is 11.1 Å². The molecule has 0 radical (unpaired) electrons. The highest BCUT2D eigenvalue weighted by atomic mass is 32.2. The number of hydrogen-bond acceptors (Lipinski definition) is 3. The van der Waals surface area contributed by atoms with Gasteiger partial charge in [-0.15, -0.1) is 0 Å². The number of aliphatic imine (C=N–C) groups is 1. The van der Waals surface area contributed by atoms with Crippen molar-refractivity contribution in [3.8, 4) is 0 Å². The van der Waals surface area contributed by atoms with Gasteiger partial charge in [0.25, 0.3) is 0 Å². The molecule has 1 aliphatic rings. The summed E-state index contributed by atoms with van der Waals surface area (Å²) in [5.41, 5.74) is 1.89. The zero-order valence-corrected chi connectivity index (χ0v) is 12.0. The van der Waals surface area contributed by atoms with E-state index in [0.29, 0.717) is 12.4 Å². The molecule has 0 saturated carbocycles. The fraction of sp³-hybridized carbons (Fsp3) is 0.133. The maximum Gasteiger partial charge on any atom is 0.301 e. The number of hydrogen-bond donors (Lipinski definition) is 2. The lowest BCUT2D eigenvalue weighted by atomic mass is 10.1. The number of amidine groups is 1. The maximum absolute atomic E-state index is 11.7. The van der Waals surface area contributed by atoms with Crippen LogP contribution in [-0.2, 0) is 16.8 Å². The first kappa shape index (κ1) is 13.8. The Morgan fingerprint density at radius 1 is 0.952 bits per heavy atom. The van der Waals surface area contributed by atoms with E-state index in [2.05, 4.69) is 14.4 Å². The zero-order chi connectivity index (χ0) is 14.7. The van der Waals surface area contributed by atoms with Crippen molar-refractivity contribution in [2.45, 2.75) is 12.6 Å². The van der Waals surface area contributed by atoms with Crippen molar-refractivity contribution >= 4 is 16.0 Å². The van der Waals surface area contributed by atoms with Crippen molar-refractivity contribution < 1.29 is 8.42 Å². The van der Waals surface area contributed by atoms with Crippen LogP contribution in [0.2, 0.25) is 0 Å². The molecule has 1 fully saturated rings. The summed E-state index contributed by atoms with van der Waals surface area (Å²) in [6, 6.07) is 18.6. The first-order valence-electron chi connectivity index (χ1n) is 6.57. The van der Waals surface area contributed by atoms with E-state index in [1.165, 1.54) is 0 Å². The van der Waals surface area contributed by atoms with Gasteiger partial charge in [-0.25, -0.2) is 0 Å². The predicted octanol–water partition coefficient (Wildman–Crippen LogP) is 1.76. The third kappa shape index (κ3) is 3.29. The molecule has 6 heteroatoms. The second-order valence-electron chi connectivity index (χ2n) is 4.75. The number of nitrogens with zero attached hydrogens (tertiary/aromatic N) is 1. The van der Waals surface area contributed by atoms with Gasteiger partial charge in [0.1, 0.15) is 11.9 Å². The summed E-state index contributed by atoms with van der Waals surface area (Å²) in [6.45, 7) is 0.434. The second kappa shape index (κ2) is 5.67. The van der Waals surface area contributed by atoms with Crippen molar-refractivity contribution in [1.29, 1.82) is 0 Å². The van der Waals surface area contributed by atoms with Crippen molar-refractivity contribution in [2.24, 2.45) is 4.99 Å². The maximum atomic E-state index is 11.7. The molecular weight excluding hydrogens is 286 g/mol. The smallest absolute Gasteiger partial charge is 0.265 e. The van der Waals surface area contributed by atoms with Crippen LogP contribution in [0.4, 0.5) is 0 Å². The van der Waals surface area contributed by atoms with Gasteiger partial charge < -0.3 is 0 Å². The average Bonchev–Trinajstić information content (AvgIpc) is 2.82. The first-order chi connectivity index (χ1) is 10.1. The molecule has 2 aromatic rings. The monoisotopic (exact) mass is 301 g/mol. The highest BCUT2D eigenvalue weighted by Crippen LogP contribution is 2.19. The Labute approximate surface area is 123 Å². The van der Waals surface area contributed by atoms with Crippen molar-refractivity contribution in [3.05, 3.63) is 71.8 Å². The van der Waals surface area contributed by atoms with E-state index >= 15 is 0 Å². The first-order valence-corrected chi connectivity index (χ1v) is 8.06. The second-order valence-corrected chi connectivity index (χ2v) is 6.20. The highest BCUT2D eigenvalue weighted by Gasteiger charge is 2.33. The normalized spacial score (nSPS) is 22.1. The van der Waals surface area contributed by atoms with Crippen LogP contribution in [0, 0.1) is 0 Å². The van der Waals surface area contributed by atoms with Crippen molar-refractivity contribution in [3.63, 3.8) is 0 Å². The van der Waals surface area contributed by atoms with Crippen LogP contribution in [-0.4, -0.2) is 14.3 Å². The highest BCUT2D eigenvalue weighted by molar-refractivity contribution is 7.88. The fourth-order valence-electron chi connectivity index (χ4n) is 2.19. The predicted molar refractivity (Wildman–Crippen MR) is 82.0 cm³/mol. The lowest BCUT2D eigenvalue weighted by Crippen LogP contribution is -2.24. The summed E-state index contributed by atoms with van der Waals surface area (Å²) in [4.78, 5) is 4.41. The van der Waals surface area contributed by atoms with E-state index in [0.717, 1.165) is 11.1 Å². The van der Waals surface area contributed by atoms with E-state index in [4.69, 9.17) is 0 Å². The van der Waals surface area contributed by atoms with Crippen LogP contribution in [0.3, 0.4) is 0 Å². The van der Waals surface area contributed by atoms with Gasteiger partial charge in [0.2, 0.25) is 0 Å². The summed E-state index contributed by atoms with van der Waals surface area (Å²) >= 11 is 0. The minimum Gasteiger partial charge on any atom is -0.265 e. The van der Waals surface area contributed by atoms with Crippen LogP contribution in [0.25, 0.3) is 0 Å². The van der Waals surface area contributed by atoms with E-state index in [-0.39, 0.29) is 0 Å². The third-order valence-corrected chi connectivity index (χ3v) is 4.22. The lowest BCUT2D eigenvalue weighted by Gasteiger charge is -2.09. The third-order valence-electron chi connectivity index (χ3n) is 3.19. The van der Waals surface area contributed by atoms with Crippen LogP contribution in [0.1, 0.15) is 17.2 Å². The van der Waals surface area contributed by atoms with Gasteiger partial charge >= 0.3 is 10.2 Å². The van der Waals surface area contributed by atoms with E-state index in [1.807, 2.05) is 60.7 Å². The van der Waals surface area contributed by atoms with Crippen LogP contribution >= 0.6 is 0 Å². The molecule has 2 aromatic carbocycles. The van der Waals surface area contributed by atoms with Gasteiger partial charge in [-0.1, -0.05) is 60.7 Å². The molecule has 5 nitrogen and oxygen atoms in total. The van der Waals surface area contributed by atoms with Crippen LogP contribution < -0.4 is 9.44 Å². The molecular formula is C15H15N3O2S. The number of rotatable bonds is 3. The number of nitrogens with one attached hydrogen (secondary N) is 2. The summed E-state index contributed by atoms with van der Waals surface area (Å²) in [7, 11) is -3.53. The average molecular weight is 301 g/mol. The van der Waals surface area contributed by atoms with Gasteiger partial charge in [0.05, 0.1) is 6.54 Å². The molecule has 2 N–H and O–H groups in total. The minimum atomic E-state index is -3.53. The van der Waals surface area contributed by atoms with Crippen molar-refractivity contribution in [1.82, 2.24) is 9.44 Å². The molecule has 3 rings (SSSR count). The van der Waals surface area contributed by atoms with Gasteiger partial charge in [-0.2, -0.15) is 13.1 Å². The van der Waals surface area contributed by atoms with Gasteiger partial charge in [-0.3, -0.25) is 9.71 Å². The standard InChI is InChI=1S/C15H15N3O2S/c19-21(20)17-14(13-9-5-2-6-10-13)15(18-21)16-11-12-7-3-1-4-8-12/h1-10,14,17H,11H2,(H,16,18). The van der Waals surface area contributed by atoms with E-state index in [1.54, 1.807) is 0 Å². The molecule has 0 spiro atoms. The van der Waals surface area contributed by atoms with E-state index < -0.39 is 16.3 Å². The molecule has 21 heavy (non-hydrogen) atoms. The zero-order valence-electron chi connectivity index (χ0n) is 11.2. The molecule has 1 heterocycles.